The van der Waals surface area contributed by atoms with Gasteiger partial charge in [0, 0.05) is 12.6 Å². The predicted octanol–water partition coefficient (Wildman–Crippen LogP) is 1.74. The van der Waals surface area contributed by atoms with Gasteiger partial charge in [-0.25, -0.2) is 4.68 Å². The van der Waals surface area contributed by atoms with Crippen molar-refractivity contribution in [1.82, 2.24) is 19.8 Å². The van der Waals surface area contributed by atoms with Crippen LogP contribution in [0.2, 0.25) is 0 Å². The Kier molecular flexibility index (Phi) is 4.37. The Morgan fingerprint density at radius 1 is 1.50 bits per heavy atom. The summed E-state index contributed by atoms with van der Waals surface area (Å²) in [5.74, 6) is 7.42. The number of nitrogens with zero attached hydrogens (tertiary/aromatic N) is 4. The van der Waals surface area contributed by atoms with Gasteiger partial charge in [-0.3, -0.25) is 4.79 Å². The van der Waals surface area contributed by atoms with Gasteiger partial charge in [-0.05, 0) is 38.3 Å². The number of carbonyl (C=O) groups is 1. The smallest absolute Gasteiger partial charge is 0.233 e. The summed E-state index contributed by atoms with van der Waals surface area (Å²) in [5.41, 5.74) is 0. The molecule has 3 rings (SSSR count). The van der Waals surface area contributed by atoms with Crippen molar-refractivity contribution in [3.05, 3.63) is 18.4 Å². The number of amides is 1. The number of aromatic nitrogens is 3. The SMILES string of the molecule is C[C@H]1CCCCN1C(=O)CSc1nnc(-c2ccco2)n1N. The Bertz CT molecular complexity index is 640. The van der Waals surface area contributed by atoms with E-state index in [0.29, 0.717) is 28.5 Å². The van der Waals surface area contributed by atoms with Crippen molar-refractivity contribution in [3.8, 4) is 11.6 Å². The third-order valence-corrected chi connectivity index (χ3v) is 4.78. The predicted molar refractivity (Wildman–Crippen MR) is 83.6 cm³/mol. The maximum atomic E-state index is 12.3. The summed E-state index contributed by atoms with van der Waals surface area (Å²) in [4.78, 5) is 14.3. The van der Waals surface area contributed by atoms with Gasteiger partial charge in [0.05, 0.1) is 12.0 Å². The number of carbonyl (C=O) groups excluding carboxylic acids is 1. The van der Waals surface area contributed by atoms with Gasteiger partial charge >= 0.3 is 0 Å². The lowest BCUT2D eigenvalue weighted by Crippen LogP contribution is -2.43. The van der Waals surface area contributed by atoms with Gasteiger partial charge in [-0.15, -0.1) is 10.2 Å². The molecule has 1 aliphatic rings. The average molecular weight is 321 g/mol. The molecular formula is C14H19N5O2S. The maximum absolute atomic E-state index is 12.3. The van der Waals surface area contributed by atoms with E-state index in [2.05, 4.69) is 17.1 Å². The number of rotatable bonds is 4. The molecule has 0 spiro atoms. The standard InChI is InChI=1S/C14H19N5O2S/c1-10-5-2-3-7-18(10)12(20)9-22-14-17-16-13(19(14)15)11-6-4-8-21-11/h4,6,8,10H,2-3,5,7,9,15H2,1H3/t10-/m0/s1. The van der Waals surface area contributed by atoms with Crippen LogP contribution in [-0.2, 0) is 4.79 Å². The highest BCUT2D eigenvalue weighted by Gasteiger charge is 2.24. The zero-order valence-corrected chi connectivity index (χ0v) is 13.3. The van der Waals surface area contributed by atoms with E-state index in [-0.39, 0.29) is 5.91 Å². The Labute approximate surface area is 132 Å². The van der Waals surface area contributed by atoms with Crippen LogP contribution >= 0.6 is 11.8 Å². The largest absolute Gasteiger partial charge is 0.461 e. The molecule has 0 aliphatic carbocycles. The number of nitrogens with two attached hydrogens (primary N) is 1. The van der Waals surface area contributed by atoms with Gasteiger partial charge in [0.15, 0.2) is 5.76 Å². The van der Waals surface area contributed by atoms with Gasteiger partial charge in [0.2, 0.25) is 16.9 Å². The Hall–Kier alpha value is -1.96. The van der Waals surface area contributed by atoms with Crippen molar-refractivity contribution in [2.45, 2.75) is 37.4 Å². The summed E-state index contributed by atoms with van der Waals surface area (Å²) in [6, 6.07) is 3.84. The van der Waals surface area contributed by atoms with Crippen LogP contribution in [0.4, 0.5) is 0 Å². The van der Waals surface area contributed by atoms with E-state index < -0.39 is 0 Å². The second kappa shape index (κ2) is 6.43. The number of furan rings is 1. The molecule has 7 nitrogen and oxygen atoms in total. The lowest BCUT2D eigenvalue weighted by molar-refractivity contribution is -0.131. The van der Waals surface area contributed by atoms with E-state index in [0.717, 1.165) is 19.4 Å². The highest BCUT2D eigenvalue weighted by Crippen LogP contribution is 2.23. The summed E-state index contributed by atoms with van der Waals surface area (Å²) in [6.07, 6.45) is 4.91. The van der Waals surface area contributed by atoms with Crippen molar-refractivity contribution in [2.24, 2.45) is 0 Å². The molecule has 0 aromatic carbocycles. The summed E-state index contributed by atoms with van der Waals surface area (Å²) in [6.45, 7) is 2.94. The van der Waals surface area contributed by atoms with E-state index >= 15 is 0 Å². The molecule has 1 amide bonds. The number of hydrogen-bond acceptors (Lipinski definition) is 6. The van der Waals surface area contributed by atoms with Crippen molar-refractivity contribution in [3.63, 3.8) is 0 Å². The Balaban J connectivity index is 1.63. The first-order valence-electron chi connectivity index (χ1n) is 7.33. The fourth-order valence-corrected chi connectivity index (χ4v) is 3.37. The quantitative estimate of drug-likeness (QED) is 0.681. The number of nitrogen functional groups attached to an aromatic ring is 1. The minimum Gasteiger partial charge on any atom is -0.461 e. The van der Waals surface area contributed by atoms with Crippen LogP contribution in [-0.4, -0.2) is 44.0 Å². The highest BCUT2D eigenvalue weighted by molar-refractivity contribution is 7.99. The van der Waals surface area contributed by atoms with E-state index in [1.165, 1.54) is 22.9 Å². The number of piperidine rings is 1. The van der Waals surface area contributed by atoms with Gasteiger partial charge in [-0.1, -0.05) is 11.8 Å². The summed E-state index contributed by atoms with van der Waals surface area (Å²) >= 11 is 1.30. The van der Waals surface area contributed by atoms with Crippen LogP contribution in [0, 0.1) is 0 Å². The molecule has 2 aromatic heterocycles. The second-order valence-corrected chi connectivity index (χ2v) is 6.32. The average Bonchev–Trinajstić information content (AvgIpc) is 3.15. The zero-order valence-electron chi connectivity index (χ0n) is 12.4. The molecule has 22 heavy (non-hydrogen) atoms. The normalized spacial score (nSPS) is 18.6. The first kappa shape index (κ1) is 15.0. The zero-order chi connectivity index (χ0) is 15.5. The molecule has 0 saturated carbocycles. The lowest BCUT2D eigenvalue weighted by atomic mass is 10.0. The molecule has 3 heterocycles. The monoisotopic (exact) mass is 321 g/mol. The molecule has 0 radical (unpaired) electrons. The van der Waals surface area contributed by atoms with E-state index in [9.17, 15) is 4.79 Å². The number of thioether (sulfide) groups is 1. The van der Waals surface area contributed by atoms with E-state index in [1.807, 2.05) is 4.90 Å². The van der Waals surface area contributed by atoms with Gasteiger partial charge in [0.25, 0.3) is 0 Å². The minimum absolute atomic E-state index is 0.125. The lowest BCUT2D eigenvalue weighted by Gasteiger charge is -2.33. The van der Waals surface area contributed by atoms with Gasteiger partial charge < -0.3 is 15.2 Å². The van der Waals surface area contributed by atoms with Crippen molar-refractivity contribution in [1.29, 1.82) is 0 Å². The van der Waals surface area contributed by atoms with Crippen LogP contribution in [0.3, 0.4) is 0 Å². The molecule has 1 atom stereocenters. The third-order valence-electron chi connectivity index (χ3n) is 3.85. The molecule has 2 N–H and O–H groups in total. The van der Waals surface area contributed by atoms with Crippen LogP contribution in [0.25, 0.3) is 11.6 Å². The van der Waals surface area contributed by atoms with Crippen LogP contribution < -0.4 is 5.84 Å². The first-order valence-corrected chi connectivity index (χ1v) is 8.32. The molecule has 1 saturated heterocycles. The molecule has 8 heteroatoms. The first-order chi connectivity index (χ1) is 10.7. The highest BCUT2D eigenvalue weighted by atomic mass is 32.2. The van der Waals surface area contributed by atoms with Crippen LogP contribution in [0.15, 0.2) is 28.0 Å². The molecule has 118 valence electrons. The van der Waals surface area contributed by atoms with Gasteiger partial charge in [-0.2, -0.15) is 0 Å². The number of likely N-dealkylation sites (tertiary alicyclic amines) is 1. The van der Waals surface area contributed by atoms with Crippen molar-refractivity contribution >= 4 is 17.7 Å². The summed E-state index contributed by atoms with van der Waals surface area (Å²) in [7, 11) is 0. The van der Waals surface area contributed by atoms with Crippen LogP contribution in [0.1, 0.15) is 26.2 Å². The molecule has 1 fully saturated rings. The molecule has 0 unspecified atom stereocenters. The molecule has 1 aliphatic heterocycles. The minimum atomic E-state index is 0.125. The van der Waals surface area contributed by atoms with Crippen molar-refractivity contribution < 1.29 is 9.21 Å². The summed E-state index contributed by atoms with van der Waals surface area (Å²) in [5, 5.41) is 8.54. The third kappa shape index (κ3) is 2.96. The summed E-state index contributed by atoms with van der Waals surface area (Å²) < 4.78 is 6.62. The Morgan fingerprint density at radius 2 is 2.36 bits per heavy atom. The Morgan fingerprint density at radius 3 is 3.09 bits per heavy atom. The number of hydrogen-bond donors (Lipinski definition) is 1. The van der Waals surface area contributed by atoms with E-state index in [1.54, 1.807) is 18.4 Å². The second-order valence-electron chi connectivity index (χ2n) is 5.37. The topological polar surface area (TPSA) is 90.2 Å². The molecule has 0 bridgehead atoms. The van der Waals surface area contributed by atoms with E-state index in [4.69, 9.17) is 10.3 Å². The molecular weight excluding hydrogens is 302 g/mol. The van der Waals surface area contributed by atoms with Crippen molar-refractivity contribution in [2.75, 3.05) is 18.1 Å². The maximum Gasteiger partial charge on any atom is 0.233 e. The van der Waals surface area contributed by atoms with Crippen LogP contribution in [0.5, 0.6) is 0 Å². The fraction of sp³-hybridized carbons (Fsp3) is 0.500. The molecule has 2 aromatic rings. The van der Waals surface area contributed by atoms with Gasteiger partial charge in [0.1, 0.15) is 0 Å². The fourth-order valence-electron chi connectivity index (χ4n) is 2.63.